The van der Waals surface area contributed by atoms with Crippen molar-refractivity contribution in [3.63, 3.8) is 0 Å². The van der Waals surface area contributed by atoms with Gasteiger partial charge in [0.25, 0.3) is 11.8 Å². The van der Waals surface area contributed by atoms with Crippen LogP contribution in [0.15, 0.2) is 77.8 Å². The van der Waals surface area contributed by atoms with E-state index in [1.165, 1.54) is 32.2 Å². The van der Waals surface area contributed by atoms with Crippen LogP contribution < -0.4 is 19.1 Å². The summed E-state index contributed by atoms with van der Waals surface area (Å²) in [6.07, 6.45) is 0. The maximum absolute atomic E-state index is 16.3. The molecule has 0 N–H and O–H groups in total. The first-order valence-electron chi connectivity index (χ1n) is 14.9. The number of likely N-dealkylation sites (N-methyl/N-ethyl adjacent to an activating group) is 2. The van der Waals surface area contributed by atoms with Crippen LogP contribution in [-0.2, 0) is 16.1 Å². The van der Waals surface area contributed by atoms with Crippen LogP contribution in [0.25, 0.3) is 0 Å². The summed E-state index contributed by atoms with van der Waals surface area (Å²) in [5.41, 5.74) is 1.17. The van der Waals surface area contributed by atoms with E-state index in [2.05, 4.69) is 9.98 Å². The molecule has 1 atom stereocenters. The number of esters is 1. The number of nitrogens with zero attached hydrogens (tertiary/aromatic N) is 5. The molecule has 10 nitrogen and oxygen atoms in total. The molecule has 2 heterocycles. The van der Waals surface area contributed by atoms with Crippen molar-refractivity contribution in [1.82, 2.24) is 9.88 Å². The number of rotatable bonds is 12. The lowest BCUT2D eigenvalue weighted by atomic mass is 10.2. The lowest BCUT2D eigenvalue weighted by Gasteiger charge is -2.27. The number of hydrogen-bond acceptors (Lipinski definition) is 10. The second kappa shape index (κ2) is 14.6. The first-order chi connectivity index (χ1) is 22.7. The number of carbonyl (C=O) groups excluding carboxylic acids is 1. The van der Waals surface area contributed by atoms with Gasteiger partial charge in [-0.1, -0.05) is 42.5 Å². The van der Waals surface area contributed by atoms with Crippen LogP contribution in [0.5, 0.6) is 29.0 Å². The van der Waals surface area contributed by atoms with Crippen LogP contribution in [0.1, 0.15) is 30.5 Å². The van der Waals surface area contributed by atoms with Crippen molar-refractivity contribution < 1.29 is 32.5 Å². The molecule has 0 radical (unpaired) electrons. The molecule has 3 aromatic carbocycles. The van der Waals surface area contributed by atoms with Crippen LogP contribution in [0.4, 0.5) is 14.5 Å². The van der Waals surface area contributed by atoms with Crippen molar-refractivity contribution in [2.75, 3.05) is 38.7 Å². The van der Waals surface area contributed by atoms with E-state index in [0.29, 0.717) is 6.54 Å². The zero-order valence-electron chi connectivity index (χ0n) is 26.4. The summed E-state index contributed by atoms with van der Waals surface area (Å²) in [6, 6.07) is 21.5. The number of halogens is 2. The maximum atomic E-state index is 16.3. The van der Waals surface area contributed by atoms with Gasteiger partial charge in [0.2, 0.25) is 11.6 Å². The SMILES string of the molecule is CCOC(=O)C(C)N(C)c1c(F)c(Oc2cccc(C3=NCCN3C)c2)nc(Oc2cc(C#N)ccc2OCc2ccccc2)c1F. The third-order valence-electron chi connectivity index (χ3n) is 7.44. The average Bonchev–Trinajstić information content (AvgIpc) is 3.52. The minimum absolute atomic E-state index is 0.0414. The van der Waals surface area contributed by atoms with Gasteiger partial charge in [0.05, 0.1) is 24.8 Å². The van der Waals surface area contributed by atoms with Crippen LogP contribution in [0.2, 0.25) is 0 Å². The second-order valence-electron chi connectivity index (χ2n) is 10.6. The van der Waals surface area contributed by atoms with Crippen molar-refractivity contribution in [2.24, 2.45) is 4.99 Å². The van der Waals surface area contributed by atoms with Crippen LogP contribution >= 0.6 is 0 Å². The summed E-state index contributed by atoms with van der Waals surface area (Å²) in [5.74, 6) is -3.25. The van der Waals surface area contributed by atoms with Crippen LogP contribution in [0, 0.1) is 23.0 Å². The van der Waals surface area contributed by atoms with Gasteiger partial charge in [0.15, 0.2) is 11.5 Å². The van der Waals surface area contributed by atoms with E-state index in [1.54, 1.807) is 25.1 Å². The Hall–Kier alpha value is -5.70. The van der Waals surface area contributed by atoms with E-state index in [9.17, 15) is 10.1 Å². The fourth-order valence-corrected chi connectivity index (χ4v) is 4.82. The highest BCUT2D eigenvalue weighted by molar-refractivity contribution is 5.99. The van der Waals surface area contributed by atoms with Gasteiger partial charge in [0, 0.05) is 32.3 Å². The van der Waals surface area contributed by atoms with E-state index in [4.69, 9.17) is 18.9 Å². The van der Waals surface area contributed by atoms with Gasteiger partial charge in [-0.05, 0) is 43.7 Å². The molecule has 0 fully saturated rings. The van der Waals surface area contributed by atoms with Gasteiger partial charge in [0.1, 0.15) is 29.9 Å². The van der Waals surface area contributed by atoms with E-state index in [0.717, 1.165) is 28.4 Å². The number of ether oxygens (including phenoxy) is 4. The molecule has 0 bridgehead atoms. The number of pyridine rings is 1. The first-order valence-corrected chi connectivity index (χ1v) is 14.9. The number of nitriles is 1. The topological polar surface area (TPSA) is 110 Å². The predicted molar refractivity (Wildman–Crippen MR) is 171 cm³/mol. The molecule has 1 aliphatic heterocycles. The van der Waals surface area contributed by atoms with Crippen molar-refractivity contribution in [3.8, 4) is 35.1 Å². The standard InChI is InChI=1S/C35H33F2N5O5/c1-5-44-35(43)22(2)42(4)31-29(36)33(46-26-13-9-12-25(19-26)32-39-16-17-41(32)3)40-34(30(31)37)47-28-18-24(20-38)14-15-27(28)45-21-23-10-7-6-8-11-23/h6-15,18-19,22H,5,16-17,21H2,1-4H3. The first kappa shape index (κ1) is 32.7. The Morgan fingerprint density at radius 3 is 2.45 bits per heavy atom. The number of carbonyl (C=O) groups is 1. The molecule has 47 heavy (non-hydrogen) atoms. The smallest absolute Gasteiger partial charge is 0.328 e. The molecule has 0 spiro atoms. The van der Waals surface area contributed by atoms with Gasteiger partial charge in [-0.15, -0.1) is 0 Å². The van der Waals surface area contributed by atoms with Gasteiger partial charge >= 0.3 is 5.97 Å². The highest BCUT2D eigenvalue weighted by Crippen LogP contribution is 2.40. The number of aromatic nitrogens is 1. The fourth-order valence-electron chi connectivity index (χ4n) is 4.82. The Labute approximate surface area is 271 Å². The highest BCUT2D eigenvalue weighted by atomic mass is 19.1. The zero-order chi connectivity index (χ0) is 33.5. The Kier molecular flexibility index (Phi) is 10.2. The van der Waals surface area contributed by atoms with Crippen molar-refractivity contribution in [3.05, 3.63) is 101 Å². The summed E-state index contributed by atoms with van der Waals surface area (Å²) >= 11 is 0. The van der Waals surface area contributed by atoms with E-state index < -0.39 is 41.1 Å². The number of hydrogen-bond donors (Lipinski definition) is 0. The molecule has 0 amide bonds. The second-order valence-corrected chi connectivity index (χ2v) is 10.6. The largest absolute Gasteiger partial charge is 0.485 e. The third-order valence-corrected chi connectivity index (χ3v) is 7.44. The monoisotopic (exact) mass is 641 g/mol. The summed E-state index contributed by atoms with van der Waals surface area (Å²) in [4.78, 5) is 24.2. The fraction of sp³-hybridized carbons (Fsp3) is 0.257. The van der Waals surface area contributed by atoms with Crippen molar-refractivity contribution in [2.45, 2.75) is 26.5 Å². The minimum Gasteiger partial charge on any atom is -0.485 e. The molecule has 12 heteroatoms. The number of benzene rings is 3. The molecular weight excluding hydrogens is 608 g/mol. The summed E-state index contributed by atoms with van der Waals surface area (Å²) < 4.78 is 55.3. The molecule has 0 saturated carbocycles. The summed E-state index contributed by atoms with van der Waals surface area (Å²) in [6.45, 7) is 4.72. The minimum atomic E-state index is -1.21. The van der Waals surface area contributed by atoms with Crippen LogP contribution in [0.3, 0.4) is 0 Å². The Morgan fingerprint density at radius 2 is 1.77 bits per heavy atom. The van der Waals surface area contributed by atoms with Gasteiger partial charge in [-0.3, -0.25) is 4.99 Å². The predicted octanol–water partition coefficient (Wildman–Crippen LogP) is 6.47. The lowest BCUT2D eigenvalue weighted by Crippen LogP contribution is -2.38. The molecular formula is C35H33F2N5O5. The quantitative estimate of drug-likeness (QED) is 0.161. The molecule has 1 aliphatic rings. The summed E-state index contributed by atoms with van der Waals surface area (Å²) in [5, 5.41) is 9.55. The summed E-state index contributed by atoms with van der Waals surface area (Å²) in [7, 11) is 3.26. The number of amidine groups is 1. The molecule has 5 rings (SSSR count). The van der Waals surface area contributed by atoms with E-state index >= 15 is 8.78 Å². The van der Waals surface area contributed by atoms with Gasteiger partial charge < -0.3 is 28.7 Å². The molecule has 1 unspecified atom stereocenters. The van der Waals surface area contributed by atoms with Gasteiger partial charge in [-0.2, -0.15) is 19.0 Å². The average molecular weight is 642 g/mol. The van der Waals surface area contributed by atoms with Gasteiger partial charge in [-0.25, -0.2) is 4.79 Å². The van der Waals surface area contributed by atoms with E-state index in [-0.39, 0.29) is 36.0 Å². The molecule has 242 valence electrons. The maximum Gasteiger partial charge on any atom is 0.328 e. The highest BCUT2D eigenvalue weighted by Gasteiger charge is 2.31. The Morgan fingerprint density at radius 1 is 1.02 bits per heavy atom. The van der Waals surface area contributed by atoms with Crippen molar-refractivity contribution >= 4 is 17.5 Å². The zero-order valence-corrected chi connectivity index (χ0v) is 26.4. The van der Waals surface area contributed by atoms with Crippen LogP contribution in [-0.4, -0.2) is 61.5 Å². The van der Waals surface area contributed by atoms with Crippen molar-refractivity contribution in [1.29, 1.82) is 5.26 Å². The molecule has 1 aromatic heterocycles. The third kappa shape index (κ3) is 7.41. The Bertz CT molecular complexity index is 1830. The van der Waals surface area contributed by atoms with E-state index in [1.807, 2.05) is 54.4 Å². The molecule has 0 saturated heterocycles. The lowest BCUT2D eigenvalue weighted by molar-refractivity contribution is -0.144. The molecule has 4 aromatic rings. The number of aliphatic imine (C=N–C) groups is 1. The Balaban J connectivity index is 1.56. The molecule has 0 aliphatic carbocycles. The number of anilines is 1. The normalized spacial score (nSPS) is 13.0.